The minimum atomic E-state index is -2.53. The molecule has 3 rings (SSSR count). The van der Waals surface area contributed by atoms with Gasteiger partial charge in [-0.3, -0.25) is 0 Å². The second-order valence-corrected chi connectivity index (χ2v) is 9.98. The predicted molar refractivity (Wildman–Crippen MR) is 75.6 cm³/mol. The second-order valence-electron chi connectivity index (χ2n) is 6.84. The average molecular weight is 318 g/mol. The van der Waals surface area contributed by atoms with Crippen molar-refractivity contribution in [2.75, 3.05) is 0 Å². The third-order valence-corrected chi connectivity index (χ3v) is 5.33. The van der Waals surface area contributed by atoms with Crippen LogP contribution in [0.5, 0.6) is 0 Å². The molecule has 3 aliphatic rings. The third-order valence-electron chi connectivity index (χ3n) is 4.36. The van der Waals surface area contributed by atoms with Crippen LogP contribution in [-0.2, 0) is 28.7 Å². The molecule has 122 valence electrons. The average Bonchev–Trinajstić information content (AvgIpc) is 2.55. The summed E-state index contributed by atoms with van der Waals surface area (Å²) in [4.78, 5) is 22.8. The Morgan fingerprint density at radius 3 is 1.33 bits per heavy atom. The van der Waals surface area contributed by atoms with E-state index >= 15 is 0 Å². The first kappa shape index (κ1) is 15.9. The topological polar surface area (TPSA) is 55.4 Å². The first-order valence-electron chi connectivity index (χ1n) is 8.14. The highest BCUT2D eigenvalue weighted by molar-refractivity contribution is 6.64. The van der Waals surface area contributed by atoms with Crippen LogP contribution in [0.3, 0.4) is 0 Å². The standard InChI is InChI=1S/C14H26O6Si/c1-21(2)19-17-13(9-5-3-6-10-13)15-16-14(18-20-21)11-7-4-8-12-14/h3-12H2,1-2H3. The van der Waals surface area contributed by atoms with E-state index in [1.165, 1.54) is 12.8 Å². The molecule has 0 unspecified atom stereocenters. The van der Waals surface area contributed by atoms with Crippen molar-refractivity contribution < 1.29 is 28.7 Å². The van der Waals surface area contributed by atoms with Gasteiger partial charge >= 0.3 is 8.56 Å². The van der Waals surface area contributed by atoms with Crippen molar-refractivity contribution in [1.29, 1.82) is 0 Å². The molecule has 1 saturated heterocycles. The summed E-state index contributed by atoms with van der Waals surface area (Å²) in [6, 6.07) is 0. The summed E-state index contributed by atoms with van der Waals surface area (Å²) >= 11 is 0. The molecule has 0 aromatic heterocycles. The molecule has 2 saturated carbocycles. The molecule has 0 N–H and O–H groups in total. The molecule has 1 heterocycles. The van der Waals surface area contributed by atoms with Crippen LogP contribution in [0.25, 0.3) is 0 Å². The van der Waals surface area contributed by atoms with Gasteiger partial charge in [-0.15, -0.1) is 0 Å². The van der Waals surface area contributed by atoms with Crippen molar-refractivity contribution >= 4 is 8.56 Å². The van der Waals surface area contributed by atoms with Gasteiger partial charge < -0.3 is 0 Å². The zero-order valence-electron chi connectivity index (χ0n) is 13.0. The lowest BCUT2D eigenvalue weighted by Gasteiger charge is -2.38. The van der Waals surface area contributed by atoms with Gasteiger partial charge in [0.15, 0.2) is 0 Å². The smallest absolute Gasteiger partial charge is 0.246 e. The van der Waals surface area contributed by atoms with E-state index in [4.69, 9.17) is 28.7 Å². The van der Waals surface area contributed by atoms with Crippen LogP contribution in [-0.4, -0.2) is 20.1 Å². The molecule has 0 atom stereocenters. The maximum Gasteiger partial charge on any atom is 0.404 e. The van der Waals surface area contributed by atoms with Crippen molar-refractivity contribution in [2.45, 2.75) is 88.9 Å². The van der Waals surface area contributed by atoms with Crippen LogP contribution in [0.2, 0.25) is 13.1 Å². The van der Waals surface area contributed by atoms with E-state index in [1.807, 2.05) is 13.1 Å². The van der Waals surface area contributed by atoms with Gasteiger partial charge in [0.1, 0.15) is 0 Å². The molecule has 2 aliphatic carbocycles. The number of hydrogen-bond acceptors (Lipinski definition) is 6. The summed E-state index contributed by atoms with van der Waals surface area (Å²) < 4.78 is 11.1. The lowest BCUT2D eigenvalue weighted by molar-refractivity contribution is -0.555. The molecular weight excluding hydrogens is 292 g/mol. The van der Waals surface area contributed by atoms with E-state index in [0.29, 0.717) is 0 Å². The van der Waals surface area contributed by atoms with E-state index in [-0.39, 0.29) is 0 Å². The van der Waals surface area contributed by atoms with Crippen molar-refractivity contribution in [2.24, 2.45) is 0 Å². The third kappa shape index (κ3) is 3.84. The van der Waals surface area contributed by atoms with Crippen molar-refractivity contribution in [1.82, 2.24) is 0 Å². The number of rotatable bonds is 0. The normalized spacial score (nSPS) is 32.3. The SMILES string of the molecule is C[Si]1(C)OOC2(CCCCC2)OOC2(CCCCC2)OO1. The Morgan fingerprint density at radius 1 is 0.571 bits per heavy atom. The molecule has 0 amide bonds. The minimum absolute atomic E-state index is 0.771. The van der Waals surface area contributed by atoms with Crippen LogP contribution < -0.4 is 0 Å². The molecular formula is C14H26O6Si. The Labute approximate surface area is 127 Å². The molecule has 0 bridgehead atoms. The quantitative estimate of drug-likeness (QED) is 0.499. The Hall–Kier alpha value is -0.0231. The zero-order chi connectivity index (χ0) is 14.8. The summed E-state index contributed by atoms with van der Waals surface area (Å²) in [6.07, 6.45) is 9.64. The van der Waals surface area contributed by atoms with Crippen molar-refractivity contribution in [3.63, 3.8) is 0 Å². The van der Waals surface area contributed by atoms with Gasteiger partial charge in [0.25, 0.3) is 0 Å². The first-order valence-corrected chi connectivity index (χ1v) is 11.0. The van der Waals surface area contributed by atoms with Crippen molar-refractivity contribution in [3.8, 4) is 0 Å². The largest absolute Gasteiger partial charge is 0.404 e. The first-order chi connectivity index (χ1) is 10.0. The van der Waals surface area contributed by atoms with E-state index in [1.54, 1.807) is 0 Å². The summed E-state index contributed by atoms with van der Waals surface area (Å²) in [5, 5.41) is 0. The van der Waals surface area contributed by atoms with Crippen LogP contribution in [0.1, 0.15) is 64.2 Å². The van der Waals surface area contributed by atoms with E-state index in [2.05, 4.69) is 0 Å². The molecule has 6 nitrogen and oxygen atoms in total. The molecule has 0 aromatic rings. The lowest BCUT2D eigenvalue weighted by atomic mass is 9.94. The lowest BCUT2D eigenvalue weighted by Crippen LogP contribution is -2.44. The van der Waals surface area contributed by atoms with Crippen molar-refractivity contribution in [3.05, 3.63) is 0 Å². The minimum Gasteiger partial charge on any atom is -0.246 e. The summed E-state index contributed by atoms with van der Waals surface area (Å²) in [6.45, 7) is 3.79. The highest BCUT2D eigenvalue weighted by Crippen LogP contribution is 2.40. The van der Waals surface area contributed by atoms with Crippen LogP contribution in [0.4, 0.5) is 0 Å². The van der Waals surface area contributed by atoms with Gasteiger partial charge in [-0.2, -0.15) is 9.78 Å². The maximum absolute atomic E-state index is 5.75. The molecule has 1 aliphatic heterocycles. The van der Waals surface area contributed by atoms with Gasteiger partial charge in [-0.1, -0.05) is 12.8 Å². The van der Waals surface area contributed by atoms with Gasteiger partial charge in [-0.25, -0.2) is 18.9 Å². The fraction of sp³-hybridized carbons (Fsp3) is 1.00. The molecule has 0 radical (unpaired) electrons. The molecule has 3 fully saturated rings. The molecule has 21 heavy (non-hydrogen) atoms. The second kappa shape index (κ2) is 6.23. The molecule has 0 aromatic carbocycles. The van der Waals surface area contributed by atoms with Gasteiger partial charge in [0.2, 0.25) is 11.6 Å². The van der Waals surface area contributed by atoms with Crippen LogP contribution in [0.15, 0.2) is 0 Å². The summed E-state index contributed by atoms with van der Waals surface area (Å²) in [5.74, 6) is -1.63. The van der Waals surface area contributed by atoms with Gasteiger partial charge in [0.05, 0.1) is 0 Å². The maximum atomic E-state index is 5.75. The summed E-state index contributed by atoms with van der Waals surface area (Å²) in [5.41, 5.74) is 0. The Kier molecular flexibility index (Phi) is 4.71. The zero-order valence-corrected chi connectivity index (χ0v) is 14.0. The monoisotopic (exact) mass is 318 g/mol. The van der Waals surface area contributed by atoms with E-state index < -0.39 is 20.1 Å². The fourth-order valence-electron chi connectivity index (χ4n) is 3.06. The number of hydrogen-bond donors (Lipinski definition) is 0. The molecule has 2 spiro atoms. The van der Waals surface area contributed by atoms with Crippen LogP contribution in [0, 0.1) is 0 Å². The van der Waals surface area contributed by atoms with E-state index in [0.717, 1.165) is 51.4 Å². The van der Waals surface area contributed by atoms with Gasteiger partial charge in [-0.05, 0) is 38.8 Å². The summed E-state index contributed by atoms with van der Waals surface area (Å²) in [7, 11) is -2.53. The predicted octanol–water partition coefficient (Wildman–Crippen LogP) is 3.87. The highest BCUT2D eigenvalue weighted by atomic mass is 28.4. The Morgan fingerprint density at radius 2 is 0.952 bits per heavy atom. The Bertz CT molecular complexity index is 317. The molecule has 7 heteroatoms. The van der Waals surface area contributed by atoms with Gasteiger partial charge in [0, 0.05) is 25.7 Å². The van der Waals surface area contributed by atoms with E-state index in [9.17, 15) is 0 Å². The Balaban J connectivity index is 1.77. The van der Waals surface area contributed by atoms with Crippen LogP contribution >= 0.6 is 0 Å². The fourth-order valence-corrected chi connectivity index (χ4v) is 3.79. The highest BCUT2D eigenvalue weighted by Gasteiger charge is 2.48.